The zero-order chi connectivity index (χ0) is 24.0. The molecule has 0 saturated heterocycles. The first-order valence-corrected chi connectivity index (χ1v) is 11.6. The standard InChI is InChI=1S/C30H35NO2/c1-21(15-17-26-23(3)12-9-19-30(26,4)5)10-8-11-22(2)20-28(33)31-29-25-14-7-6-13-24(25)16-18-27(29)32/h6-8,10-11,13-18,20,32H,9,12,19H2,1-5H3,(H,31,33)/b11-8+,17-15+,21-10+,22-20+. The third-order valence-corrected chi connectivity index (χ3v) is 6.29. The van der Waals surface area contributed by atoms with Crippen molar-refractivity contribution >= 4 is 22.4 Å². The smallest absolute Gasteiger partial charge is 0.248 e. The summed E-state index contributed by atoms with van der Waals surface area (Å²) in [5.74, 6) is -0.216. The summed E-state index contributed by atoms with van der Waals surface area (Å²) >= 11 is 0. The summed E-state index contributed by atoms with van der Waals surface area (Å²) in [5.41, 5.74) is 5.60. The van der Waals surface area contributed by atoms with Gasteiger partial charge >= 0.3 is 0 Å². The van der Waals surface area contributed by atoms with E-state index >= 15 is 0 Å². The Morgan fingerprint density at radius 2 is 1.82 bits per heavy atom. The Labute approximate surface area is 197 Å². The van der Waals surface area contributed by atoms with Gasteiger partial charge in [-0.1, -0.05) is 85.7 Å². The average molecular weight is 442 g/mol. The molecule has 0 bridgehead atoms. The van der Waals surface area contributed by atoms with Crippen LogP contribution in [0.1, 0.15) is 53.9 Å². The Balaban J connectivity index is 1.66. The fraction of sp³-hybridized carbons (Fsp3) is 0.300. The number of anilines is 1. The van der Waals surface area contributed by atoms with E-state index in [0.717, 1.165) is 21.9 Å². The summed E-state index contributed by atoms with van der Waals surface area (Å²) in [6.07, 6.45) is 15.6. The highest BCUT2D eigenvalue weighted by molar-refractivity contribution is 6.08. The summed E-state index contributed by atoms with van der Waals surface area (Å²) in [5, 5.41) is 14.8. The predicted octanol–water partition coefficient (Wildman–Crippen LogP) is 8.02. The van der Waals surface area contributed by atoms with E-state index in [2.05, 4.69) is 45.2 Å². The van der Waals surface area contributed by atoms with Gasteiger partial charge in [0.25, 0.3) is 0 Å². The van der Waals surface area contributed by atoms with Crippen LogP contribution in [0, 0.1) is 5.41 Å². The lowest BCUT2D eigenvalue weighted by atomic mass is 9.72. The summed E-state index contributed by atoms with van der Waals surface area (Å²) in [6, 6.07) is 11.1. The number of hydrogen-bond acceptors (Lipinski definition) is 2. The fourth-order valence-corrected chi connectivity index (χ4v) is 4.44. The van der Waals surface area contributed by atoms with Crippen molar-refractivity contribution in [3.8, 4) is 5.75 Å². The minimum absolute atomic E-state index is 0.0560. The number of phenolic OH excluding ortho intramolecular Hbond substituents is 1. The van der Waals surface area contributed by atoms with E-state index in [1.165, 1.54) is 36.5 Å². The number of fused-ring (bicyclic) bond motifs is 1. The number of hydrogen-bond donors (Lipinski definition) is 2. The molecule has 0 unspecified atom stereocenters. The van der Waals surface area contributed by atoms with Gasteiger partial charge in [-0.05, 0) is 68.0 Å². The zero-order valence-electron chi connectivity index (χ0n) is 20.4. The van der Waals surface area contributed by atoms with Crippen molar-refractivity contribution < 1.29 is 9.90 Å². The molecule has 1 aliphatic rings. The maximum Gasteiger partial charge on any atom is 0.248 e. The van der Waals surface area contributed by atoms with Crippen LogP contribution in [-0.2, 0) is 4.79 Å². The van der Waals surface area contributed by atoms with E-state index < -0.39 is 0 Å². The molecule has 0 spiro atoms. The molecule has 2 N–H and O–H groups in total. The molecule has 0 saturated carbocycles. The number of phenols is 1. The molecule has 0 radical (unpaired) electrons. The van der Waals surface area contributed by atoms with Crippen LogP contribution in [0.25, 0.3) is 10.8 Å². The molecule has 0 fully saturated rings. The van der Waals surface area contributed by atoms with Gasteiger partial charge in [-0.25, -0.2) is 0 Å². The van der Waals surface area contributed by atoms with E-state index in [1.807, 2.05) is 55.5 Å². The number of benzene rings is 2. The summed E-state index contributed by atoms with van der Waals surface area (Å²) in [6.45, 7) is 10.9. The van der Waals surface area contributed by atoms with Crippen molar-refractivity contribution in [2.45, 2.75) is 53.9 Å². The number of carbonyl (C=O) groups is 1. The van der Waals surface area contributed by atoms with Crippen LogP contribution in [0.3, 0.4) is 0 Å². The highest BCUT2D eigenvalue weighted by Gasteiger charge is 2.26. The lowest BCUT2D eigenvalue weighted by Crippen LogP contribution is -2.19. The van der Waals surface area contributed by atoms with Crippen molar-refractivity contribution in [3.05, 3.63) is 95.1 Å². The molecule has 1 aliphatic carbocycles. The van der Waals surface area contributed by atoms with E-state index in [0.29, 0.717) is 5.69 Å². The molecule has 1 amide bonds. The van der Waals surface area contributed by atoms with Gasteiger partial charge in [0.15, 0.2) is 0 Å². The van der Waals surface area contributed by atoms with Crippen molar-refractivity contribution in [1.82, 2.24) is 0 Å². The van der Waals surface area contributed by atoms with Crippen LogP contribution in [-0.4, -0.2) is 11.0 Å². The molecule has 0 aromatic heterocycles. The number of nitrogens with one attached hydrogen (secondary N) is 1. The molecule has 3 nitrogen and oxygen atoms in total. The number of rotatable bonds is 6. The van der Waals surface area contributed by atoms with Gasteiger partial charge in [-0.2, -0.15) is 0 Å². The maximum atomic E-state index is 12.5. The van der Waals surface area contributed by atoms with Gasteiger partial charge in [0, 0.05) is 11.5 Å². The molecular formula is C30H35NO2. The van der Waals surface area contributed by atoms with Gasteiger partial charge in [0.05, 0.1) is 5.69 Å². The summed E-state index contributed by atoms with van der Waals surface area (Å²) in [7, 11) is 0. The van der Waals surface area contributed by atoms with E-state index in [1.54, 1.807) is 6.07 Å². The van der Waals surface area contributed by atoms with E-state index in [9.17, 15) is 9.90 Å². The molecule has 3 heteroatoms. The second kappa shape index (κ2) is 10.5. The Morgan fingerprint density at radius 3 is 2.58 bits per heavy atom. The molecule has 0 heterocycles. The molecule has 2 aromatic rings. The second-order valence-electron chi connectivity index (χ2n) is 9.59. The molecular weight excluding hydrogens is 406 g/mol. The first-order valence-electron chi connectivity index (χ1n) is 11.6. The number of amides is 1. The van der Waals surface area contributed by atoms with Gasteiger partial charge in [-0.15, -0.1) is 0 Å². The van der Waals surface area contributed by atoms with Crippen LogP contribution in [0.4, 0.5) is 5.69 Å². The van der Waals surface area contributed by atoms with E-state index in [-0.39, 0.29) is 17.1 Å². The second-order valence-corrected chi connectivity index (χ2v) is 9.59. The third-order valence-electron chi connectivity index (χ3n) is 6.29. The molecule has 3 rings (SSSR count). The van der Waals surface area contributed by atoms with Crippen molar-refractivity contribution in [1.29, 1.82) is 0 Å². The van der Waals surface area contributed by atoms with Crippen molar-refractivity contribution in [2.24, 2.45) is 5.41 Å². The summed E-state index contributed by atoms with van der Waals surface area (Å²) < 4.78 is 0. The van der Waals surface area contributed by atoms with Crippen molar-refractivity contribution in [2.75, 3.05) is 5.32 Å². The topological polar surface area (TPSA) is 49.3 Å². The minimum Gasteiger partial charge on any atom is -0.506 e. The highest BCUT2D eigenvalue weighted by Crippen LogP contribution is 2.40. The van der Waals surface area contributed by atoms with Gasteiger partial charge in [0.1, 0.15) is 5.75 Å². The van der Waals surface area contributed by atoms with Crippen LogP contribution >= 0.6 is 0 Å². The van der Waals surface area contributed by atoms with Crippen LogP contribution in [0.2, 0.25) is 0 Å². The van der Waals surface area contributed by atoms with Crippen LogP contribution in [0.15, 0.2) is 95.1 Å². The SMILES string of the molecule is CC1=C(/C=C/C(C)=C/C=C/C(C)=C/C(=O)Nc2c(O)ccc3ccccc23)C(C)(C)CCC1. The molecule has 0 aliphatic heterocycles. The Morgan fingerprint density at radius 1 is 1.06 bits per heavy atom. The quantitative estimate of drug-likeness (QED) is 0.271. The van der Waals surface area contributed by atoms with Crippen LogP contribution in [0.5, 0.6) is 5.75 Å². The van der Waals surface area contributed by atoms with Gasteiger partial charge in [-0.3, -0.25) is 4.79 Å². The highest BCUT2D eigenvalue weighted by atomic mass is 16.3. The third kappa shape index (κ3) is 6.35. The van der Waals surface area contributed by atoms with Crippen LogP contribution < -0.4 is 5.32 Å². The van der Waals surface area contributed by atoms with E-state index in [4.69, 9.17) is 0 Å². The maximum absolute atomic E-state index is 12.5. The molecule has 33 heavy (non-hydrogen) atoms. The predicted molar refractivity (Wildman–Crippen MR) is 140 cm³/mol. The first-order chi connectivity index (χ1) is 15.7. The number of carbonyl (C=O) groups excluding carboxylic acids is 1. The fourth-order valence-electron chi connectivity index (χ4n) is 4.44. The van der Waals surface area contributed by atoms with Crippen molar-refractivity contribution in [3.63, 3.8) is 0 Å². The monoisotopic (exact) mass is 441 g/mol. The Kier molecular flexibility index (Phi) is 7.75. The molecule has 172 valence electrons. The zero-order valence-corrected chi connectivity index (χ0v) is 20.4. The average Bonchev–Trinajstić information content (AvgIpc) is 2.75. The van der Waals surface area contributed by atoms with Gasteiger partial charge in [0.2, 0.25) is 5.91 Å². The summed E-state index contributed by atoms with van der Waals surface area (Å²) in [4.78, 5) is 12.5. The Bertz CT molecular complexity index is 1190. The first kappa shape index (κ1) is 24.3. The normalized spacial score (nSPS) is 17.4. The lowest BCUT2D eigenvalue weighted by Gasteiger charge is -2.32. The Hall–Kier alpha value is -3.33. The number of aromatic hydroxyl groups is 1. The lowest BCUT2D eigenvalue weighted by molar-refractivity contribution is -0.111. The number of allylic oxidation sites excluding steroid dienone is 9. The molecule has 2 aromatic carbocycles. The largest absolute Gasteiger partial charge is 0.506 e. The van der Waals surface area contributed by atoms with Gasteiger partial charge < -0.3 is 10.4 Å². The minimum atomic E-state index is -0.272. The molecule has 0 atom stereocenters.